The van der Waals surface area contributed by atoms with Gasteiger partial charge in [-0.25, -0.2) is 0 Å². The zero-order chi connectivity index (χ0) is 20.9. The second kappa shape index (κ2) is 9.79. The molecule has 7 heteroatoms. The Hall–Kier alpha value is -2.12. The molecular weight excluding hydrogens is 382 g/mol. The lowest BCUT2D eigenvalue weighted by molar-refractivity contribution is -0.141. The Kier molecular flexibility index (Phi) is 6.89. The van der Waals surface area contributed by atoms with Crippen molar-refractivity contribution in [1.29, 1.82) is 0 Å². The first kappa shape index (κ1) is 21.1. The molecule has 3 aliphatic heterocycles. The van der Waals surface area contributed by atoms with E-state index in [9.17, 15) is 9.59 Å². The smallest absolute Gasteiger partial charge is 0.253 e. The molecule has 0 radical (unpaired) electrons. The average molecular weight is 416 g/mol. The van der Waals surface area contributed by atoms with Gasteiger partial charge in [-0.3, -0.25) is 9.59 Å². The van der Waals surface area contributed by atoms with Crippen molar-refractivity contribution >= 4 is 11.8 Å². The molecule has 3 aliphatic rings. The lowest BCUT2D eigenvalue weighted by atomic mass is 9.92. The predicted molar refractivity (Wildman–Crippen MR) is 114 cm³/mol. The Morgan fingerprint density at radius 2 is 1.50 bits per heavy atom. The van der Waals surface area contributed by atoms with Crippen LogP contribution in [0.1, 0.15) is 36.0 Å². The molecule has 2 amide bonds. The summed E-state index contributed by atoms with van der Waals surface area (Å²) in [6, 6.07) is 7.86. The van der Waals surface area contributed by atoms with Crippen LogP contribution in [0.5, 0.6) is 5.75 Å². The van der Waals surface area contributed by atoms with Crippen molar-refractivity contribution in [2.45, 2.75) is 31.7 Å². The molecular formula is C23H33N3O4. The molecule has 0 spiro atoms. The quantitative estimate of drug-likeness (QED) is 0.751. The Morgan fingerprint density at radius 3 is 2.10 bits per heavy atom. The Balaban J connectivity index is 1.23. The number of carbonyl (C=O) groups excluding carboxylic acids is 2. The van der Waals surface area contributed by atoms with Crippen LogP contribution in [0, 0.1) is 5.92 Å². The standard InChI is InChI=1S/C23H33N3O4/c1-29-21-4-2-18(3-5-21)22(27)25-12-8-20(9-13-25)24-10-6-19(7-11-24)23(28)26-14-16-30-17-15-26/h2-5,19-20H,6-17H2,1H3. The molecule has 3 fully saturated rings. The number of rotatable bonds is 4. The number of piperidine rings is 2. The molecule has 0 bridgehead atoms. The molecule has 1 aromatic carbocycles. The van der Waals surface area contributed by atoms with Crippen LogP contribution in [0.4, 0.5) is 0 Å². The molecule has 0 aromatic heterocycles. The van der Waals surface area contributed by atoms with Gasteiger partial charge in [0.25, 0.3) is 5.91 Å². The minimum atomic E-state index is 0.103. The van der Waals surface area contributed by atoms with Crippen molar-refractivity contribution in [2.24, 2.45) is 5.92 Å². The molecule has 0 aliphatic carbocycles. The van der Waals surface area contributed by atoms with E-state index in [1.54, 1.807) is 7.11 Å². The molecule has 164 valence electrons. The van der Waals surface area contributed by atoms with Crippen molar-refractivity contribution < 1.29 is 19.1 Å². The fourth-order valence-electron chi connectivity index (χ4n) is 4.90. The van der Waals surface area contributed by atoms with Crippen LogP contribution in [0.2, 0.25) is 0 Å². The summed E-state index contributed by atoms with van der Waals surface area (Å²) in [7, 11) is 1.63. The number of ether oxygens (including phenoxy) is 2. The second-order valence-electron chi connectivity index (χ2n) is 8.50. The Bertz CT molecular complexity index is 716. The average Bonchev–Trinajstić information content (AvgIpc) is 2.84. The number of carbonyl (C=O) groups is 2. The van der Waals surface area contributed by atoms with Gasteiger partial charge in [0, 0.05) is 43.7 Å². The molecule has 7 nitrogen and oxygen atoms in total. The highest BCUT2D eigenvalue weighted by Crippen LogP contribution is 2.26. The largest absolute Gasteiger partial charge is 0.497 e. The van der Waals surface area contributed by atoms with Crippen molar-refractivity contribution in [3.05, 3.63) is 29.8 Å². The first-order chi connectivity index (χ1) is 14.7. The second-order valence-corrected chi connectivity index (χ2v) is 8.50. The third-order valence-corrected chi connectivity index (χ3v) is 6.81. The van der Waals surface area contributed by atoms with Crippen molar-refractivity contribution in [1.82, 2.24) is 14.7 Å². The van der Waals surface area contributed by atoms with Gasteiger partial charge in [0.2, 0.25) is 5.91 Å². The van der Waals surface area contributed by atoms with Crippen molar-refractivity contribution in [3.63, 3.8) is 0 Å². The van der Waals surface area contributed by atoms with E-state index in [-0.39, 0.29) is 11.8 Å². The van der Waals surface area contributed by atoms with E-state index >= 15 is 0 Å². The number of methoxy groups -OCH3 is 1. The van der Waals surface area contributed by atoms with Crippen molar-refractivity contribution in [3.8, 4) is 5.75 Å². The molecule has 30 heavy (non-hydrogen) atoms. The van der Waals surface area contributed by atoms with Crippen LogP contribution in [-0.4, -0.2) is 92.1 Å². The zero-order valence-corrected chi connectivity index (χ0v) is 17.9. The van der Waals surface area contributed by atoms with Gasteiger partial charge < -0.3 is 24.2 Å². The summed E-state index contributed by atoms with van der Waals surface area (Å²) in [5, 5.41) is 0. The molecule has 3 heterocycles. The van der Waals surface area contributed by atoms with Gasteiger partial charge in [-0.2, -0.15) is 0 Å². The van der Waals surface area contributed by atoms with Crippen LogP contribution >= 0.6 is 0 Å². The van der Waals surface area contributed by atoms with E-state index in [0.29, 0.717) is 25.2 Å². The maximum Gasteiger partial charge on any atom is 0.253 e. The van der Waals surface area contributed by atoms with Crippen LogP contribution < -0.4 is 4.74 Å². The third-order valence-electron chi connectivity index (χ3n) is 6.81. The number of hydrogen-bond acceptors (Lipinski definition) is 5. The highest BCUT2D eigenvalue weighted by Gasteiger charge is 2.33. The van der Waals surface area contributed by atoms with Gasteiger partial charge in [0.15, 0.2) is 0 Å². The van der Waals surface area contributed by atoms with E-state index in [1.807, 2.05) is 34.1 Å². The van der Waals surface area contributed by atoms with E-state index in [0.717, 1.165) is 76.3 Å². The summed E-state index contributed by atoms with van der Waals surface area (Å²) >= 11 is 0. The molecule has 0 atom stereocenters. The van der Waals surface area contributed by atoms with Gasteiger partial charge in [0.05, 0.1) is 20.3 Å². The minimum Gasteiger partial charge on any atom is -0.497 e. The highest BCUT2D eigenvalue weighted by molar-refractivity contribution is 5.94. The van der Waals surface area contributed by atoms with E-state index < -0.39 is 0 Å². The molecule has 0 unspecified atom stereocenters. The van der Waals surface area contributed by atoms with E-state index in [1.165, 1.54) is 0 Å². The third kappa shape index (κ3) is 4.78. The summed E-state index contributed by atoms with van der Waals surface area (Å²) in [5.41, 5.74) is 0.719. The monoisotopic (exact) mass is 415 g/mol. The van der Waals surface area contributed by atoms with Crippen LogP contribution in [0.25, 0.3) is 0 Å². The number of hydrogen-bond donors (Lipinski definition) is 0. The fourth-order valence-corrected chi connectivity index (χ4v) is 4.90. The van der Waals surface area contributed by atoms with Gasteiger partial charge in [-0.05, 0) is 63.0 Å². The van der Waals surface area contributed by atoms with Gasteiger partial charge >= 0.3 is 0 Å². The summed E-state index contributed by atoms with van der Waals surface area (Å²) in [5.74, 6) is 1.35. The molecule has 0 N–H and O–H groups in total. The highest BCUT2D eigenvalue weighted by atomic mass is 16.5. The Labute approximate surface area is 178 Å². The SMILES string of the molecule is COc1ccc(C(=O)N2CCC(N3CCC(C(=O)N4CCOCC4)CC3)CC2)cc1. The number of morpholine rings is 1. The molecule has 4 rings (SSSR count). The van der Waals surface area contributed by atoms with Crippen molar-refractivity contribution in [2.75, 3.05) is 59.6 Å². The van der Waals surface area contributed by atoms with Crippen LogP contribution in [0.3, 0.4) is 0 Å². The first-order valence-electron chi connectivity index (χ1n) is 11.2. The van der Waals surface area contributed by atoms with E-state index in [2.05, 4.69) is 4.90 Å². The maximum atomic E-state index is 12.8. The first-order valence-corrected chi connectivity index (χ1v) is 11.2. The minimum absolute atomic E-state index is 0.103. The predicted octanol–water partition coefficient (Wildman–Crippen LogP) is 1.87. The normalized spacial score (nSPS) is 22.2. The lowest BCUT2D eigenvalue weighted by Crippen LogP contribution is -2.51. The maximum absolute atomic E-state index is 12.8. The van der Waals surface area contributed by atoms with Gasteiger partial charge in [-0.15, -0.1) is 0 Å². The number of likely N-dealkylation sites (tertiary alicyclic amines) is 2. The summed E-state index contributed by atoms with van der Waals surface area (Å²) in [4.78, 5) is 32.0. The number of amides is 2. The van der Waals surface area contributed by atoms with Gasteiger partial charge in [-0.1, -0.05) is 0 Å². The van der Waals surface area contributed by atoms with Crippen LogP contribution in [-0.2, 0) is 9.53 Å². The Morgan fingerprint density at radius 1 is 0.867 bits per heavy atom. The summed E-state index contributed by atoms with van der Waals surface area (Å²) in [6.45, 7) is 6.36. The number of benzene rings is 1. The summed E-state index contributed by atoms with van der Waals surface area (Å²) < 4.78 is 10.5. The van der Waals surface area contributed by atoms with Gasteiger partial charge in [0.1, 0.15) is 5.75 Å². The summed E-state index contributed by atoms with van der Waals surface area (Å²) in [6.07, 6.45) is 3.90. The molecule has 0 saturated carbocycles. The fraction of sp³-hybridized carbons (Fsp3) is 0.652. The lowest BCUT2D eigenvalue weighted by Gasteiger charge is -2.42. The molecule has 1 aromatic rings. The molecule has 3 saturated heterocycles. The van der Waals surface area contributed by atoms with E-state index in [4.69, 9.17) is 9.47 Å². The number of nitrogens with zero attached hydrogens (tertiary/aromatic N) is 3. The zero-order valence-electron chi connectivity index (χ0n) is 17.9. The van der Waals surface area contributed by atoms with Crippen LogP contribution in [0.15, 0.2) is 24.3 Å². The topological polar surface area (TPSA) is 62.3 Å².